The first-order valence-corrected chi connectivity index (χ1v) is 8.34. The van der Waals surface area contributed by atoms with Crippen LogP contribution >= 0.6 is 24.2 Å². The van der Waals surface area contributed by atoms with Crippen molar-refractivity contribution in [2.45, 2.75) is 18.9 Å². The van der Waals surface area contributed by atoms with Gasteiger partial charge in [0.2, 0.25) is 11.8 Å². The molecule has 6 nitrogen and oxygen atoms in total. The van der Waals surface area contributed by atoms with E-state index < -0.39 is 0 Å². The monoisotopic (exact) mass is 337 g/mol. The molecule has 0 radical (unpaired) electrons. The molecule has 1 unspecified atom stereocenters. The van der Waals surface area contributed by atoms with Crippen molar-refractivity contribution in [2.24, 2.45) is 0 Å². The molecule has 0 spiro atoms. The zero-order valence-corrected chi connectivity index (χ0v) is 13.8. The summed E-state index contributed by atoms with van der Waals surface area (Å²) in [6.07, 6.45) is 2.31. The van der Waals surface area contributed by atoms with E-state index >= 15 is 0 Å². The van der Waals surface area contributed by atoms with Gasteiger partial charge in [0.1, 0.15) is 0 Å². The lowest BCUT2D eigenvalue weighted by atomic mass is 10.2. The molecule has 0 aliphatic carbocycles. The van der Waals surface area contributed by atoms with E-state index in [1.165, 1.54) is 18.2 Å². The van der Waals surface area contributed by atoms with Gasteiger partial charge in [-0.25, -0.2) is 0 Å². The summed E-state index contributed by atoms with van der Waals surface area (Å²) in [5, 5.41) is 6.25. The number of hydrogen-bond acceptors (Lipinski definition) is 5. The van der Waals surface area contributed by atoms with Crippen molar-refractivity contribution in [2.75, 3.05) is 50.9 Å². The van der Waals surface area contributed by atoms with Crippen molar-refractivity contribution in [1.82, 2.24) is 15.5 Å². The molecule has 0 bridgehead atoms. The number of morpholine rings is 1. The van der Waals surface area contributed by atoms with Gasteiger partial charge in [0, 0.05) is 25.7 Å². The Morgan fingerprint density at radius 3 is 2.71 bits per heavy atom. The largest absolute Gasteiger partial charge is 0.378 e. The van der Waals surface area contributed by atoms with Crippen molar-refractivity contribution in [3.05, 3.63) is 0 Å². The molecular weight excluding hydrogens is 314 g/mol. The lowest BCUT2D eigenvalue weighted by Crippen LogP contribution is -2.42. The number of carbonyl (C=O) groups excluding carboxylic acids is 2. The molecule has 0 aromatic rings. The number of rotatable bonds is 6. The van der Waals surface area contributed by atoms with E-state index in [-0.39, 0.29) is 24.2 Å². The number of carbonyl (C=O) groups is 2. The molecule has 21 heavy (non-hydrogen) atoms. The zero-order valence-electron chi connectivity index (χ0n) is 12.1. The van der Waals surface area contributed by atoms with Crippen molar-refractivity contribution in [3.63, 3.8) is 0 Å². The number of nitrogens with zero attached hydrogens (tertiary/aromatic N) is 1. The average Bonchev–Trinajstić information content (AvgIpc) is 2.99. The Balaban J connectivity index is 0.00000220. The summed E-state index contributed by atoms with van der Waals surface area (Å²) in [5.41, 5.74) is 0. The van der Waals surface area contributed by atoms with Gasteiger partial charge in [0.15, 0.2) is 0 Å². The molecular formula is C13H24ClN3O3S. The minimum absolute atomic E-state index is 0. The number of ether oxygens (including phenoxy) is 1. The number of amides is 2. The minimum atomic E-state index is 0. The van der Waals surface area contributed by atoms with Crippen LogP contribution < -0.4 is 10.6 Å². The van der Waals surface area contributed by atoms with E-state index in [0.29, 0.717) is 50.4 Å². The van der Waals surface area contributed by atoms with Gasteiger partial charge >= 0.3 is 0 Å². The maximum atomic E-state index is 11.9. The van der Waals surface area contributed by atoms with Crippen LogP contribution in [0.3, 0.4) is 0 Å². The second kappa shape index (κ2) is 10.3. The Hall–Kier alpha value is -0.500. The van der Waals surface area contributed by atoms with E-state index in [1.54, 1.807) is 4.90 Å². The molecule has 2 aliphatic heterocycles. The summed E-state index contributed by atoms with van der Waals surface area (Å²) in [7, 11) is 0. The molecule has 0 saturated carbocycles. The topological polar surface area (TPSA) is 70.7 Å². The van der Waals surface area contributed by atoms with E-state index in [0.717, 1.165) is 13.0 Å². The summed E-state index contributed by atoms with van der Waals surface area (Å²) in [4.78, 5) is 25.3. The Kier molecular flexibility index (Phi) is 9.07. The quantitative estimate of drug-likeness (QED) is 0.706. The van der Waals surface area contributed by atoms with Crippen LogP contribution in [-0.4, -0.2) is 73.7 Å². The third-order valence-corrected chi connectivity index (χ3v) is 4.45. The summed E-state index contributed by atoms with van der Waals surface area (Å²) in [5.74, 6) is 0.833. The summed E-state index contributed by atoms with van der Waals surface area (Å²) >= 11 is 1.38. The van der Waals surface area contributed by atoms with Gasteiger partial charge in [-0.15, -0.1) is 24.2 Å². The van der Waals surface area contributed by atoms with Gasteiger partial charge in [-0.1, -0.05) is 0 Å². The highest BCUT2D eigenvalue weighted by atomic mass is 35.5. The first kappa shape index (κ1) is 18.5. The number of nitrogens with one attached hydrogen (secondary N) is 2. The zero-order chi connectivity index (χ0) is 14.2. The van der Waals surface area contributed by atoms with Crippen LogP contribution in [0, 0.1) is 0 Å². The molecule has 2 aliphatic rings. The predicted octanol–water partition coefficient (Wildman–Crippen LogP) is -0.132. The van der Waals surface area contributed by atoms with E-state index in [9.17, 15) is 9.59 Å². The molecule has 2 heterocycles. The van der Waals surface area contributed by atoms with Crippen molar-refractivity contribution in [1.29, 1.82) is 0 Å². The average molecular weight is 338 g/mol. The first-order valence-electron chi connectivity index (χ1n) is 7.19. The Labute approximate surface area is 136 Å². The van der Waals surface area contributed by atoms with Crippen LogP contribution in [0.2, 0.25) is 0 Å². The fourth-order valence-electron chi connectivity index (χ4n) is 2.35. The Bertz CT molecular complexity index is 335. The lowest BCUT2D eigenvalue weighted by Gasteiger charge is -2.26. The van der Waals surface area contributed by atoms with Gasteiger partial charge in [0.05, 0.1) is 24.7 Å². The van der Waals surface area contributed by atoms with Crippen LogP contribution in [-0.2, 0) is 14.3 Å². The van der Waals surface area contributed by atoms with Crippen molar-refractivity contribution >= 4 is 36.0 Å². The van der Waals surface area contributed by atoms with E-state index in [1.807, 2.05) is 0 Å². The highest BCUT2D eigenvalue weighted by Crippen LogP contribution is 2.06. The fourth-order valence-corrected chi connectivity index (χ4v) is 3.10. The van der Waals surface area contributed by atoms with E-state index in [2.05, 4.69) is 10.6 Å². The van der Waals surface area contributed by atoms with Gasteiger partial charge < -0.3 is 20.3 Å². The fraction of sp³-hybridized carbons (Fsp3) is 0.846. The van der Waals surface area contributed by atoms with Crippen LogP contribution in [0.25, 0.3) is 0 Å². The second-order valence-electron chi connectivity index (χ2n) is 5.08. The Morgan fingerprint density at radius 2 is 2.05 bits per heavy atom. The molecule has 0 aromatic carbocycles. The third kappa shape index (κ3) is 6.86. The number of hydrogen-bond donors (Lipinski definition) is 2. The third-order valence-electron chi connectivity index (χ3n) is 3.53. The molecule has 122 valence electrons. The maximum Gasteiger partial charge on any atom is 0.232 e. The second-order valence-corrected chi connectivity index (χ2v) is 6.07. The summed E-state index contributed by atoms with van der Waals surface area (Å²) in [6, 6.07) is 0.416. The van der Waals surface area contributed by atoms with Gasteiger partial charge in [0.25, 0.3) is 0 Å². The molecule has 8 heteroatoms. The molecule has 1 atom stereocenters. The highest BCUT2D eigenvalue weighted by Gasteiger charge is 2.17. The number of thioether (sulfide) groups is 1. The number of halogens is 1. The molecule has 0 aromatic heterocycles. The van der Waals surface area contributed by atoms with Crippen LogP contribution in [0.4, 0.5) is 0 Å². The van der Waals surface area contributed by atoms with Gasteiger partial charge in [-0.3, -0.25) is 9.59 Å². The molecule has 2 N–H and O–H groups in total. The van der Waals surface area contributed by atoms with Gasteiger partial charge in [-0.2, -0.15) is 0 Å². The standard InChI is InChI=1S/C13H23N3O3S.ClH/c17-12(15-8-11-2-1-3-14-11)9-20-10-13(18)16-4-6-19-7-5-16;/h11,14H,1-10H2,(H,15,17);1H. The maximum absolute atomic E-state index is 11.9. The minimum Gasteiger partial charge on any atom is -0.378 e. The normalized spacial score (nSPS) is 21.7. The van der Waals surface area contributed by atoms with Crippen LogP contribution in [0.15, 0.2) is 0 Å². The van der Waals surface area contributed by atoms with E-state index in [4.69, 9.17) is 4.74 Å². The van der Waals surface area contributed by atoms with Crippen LogP contribution in [0.5, 0.6) is 0 Å². The first-order chi connectivity index (χ1) is 9.75. The molecule has 2 saturated heterocycles. The lowest BCUT2D eigenvalue weighted by molar-refractivity contribution is -0.132. The van der Waals surface area contributed by atoms with Crippen LogP contribution in [0.1, 0.15) is 12.8 Å². The predicted molar refractivity (Wildman–Crippen MR) is 86.0 cm³/mol. The smallest absolute Gasteiger partial charge is 0.232 e. The van der Waals surface area contributed by atoms with Crippen molar-refractivity contribution in [3.8, 4) is 0 Å². The van der Waals surface area contributed by atoms with Gasteiger partial charge in [-0.05, 0) is 19.4 Å². The van der Waals surface area contributed by atoms with Crippen molar-refractivity contribution < 1.29 is 14.3 Å². The SMILES string of the molecule is Cl.O=C(CSCC(=O)N1CCOCC1)NCC1CCCN1. The molecule has 2 rings (SSSR count). The summed E-state index contributed by atoms with van der Waals surface area (Å²) < 4.78 is 5.20. The molecule has 2 amide bonds. The Morgan fingerprint density at radius 1 is 1.29 bits per heavy atom. The highest BCUT2D eigenvalue weighted by molar-refractivity contribution is 8.00. The summed E-state index contributed by atoms with van der Waals surface area (Å²) in [6.45, 7) is 4.30. The molecule has 2 fully saturated rings.